The van der Waals surface area contributed by atoms with E-state index in [4.69, 9.17) is 5.73 Å². The molecule has 2 rings (SSSR count). The molecule has 0 aliphatic carbocycles. The number of aromatic nitrogens is 2. The second kappa shape index (κ2) is 5.72. The van der Waals surface area contributed by atoms with Crippen LogP contribution in [0.15, 0.2) is 18.6 Å². The molecule has 0 aromatic carbocycles. The number of nitrogens with zero attached hydrogens (tertiary/aromatic N) is 3. The quantitative estimate of drug-likeness (QED) is 0.834. The fraction of sp³-hybridized carbons (Fsp3) is 0.583. The second-order valence-corrected chi connectivity index (χ2v) is 4.43. The minimum atomic E-state index is -0.0141. The fourth-order valence-corrected chi connectivity index (χ4v) is 2.29. The average molecular weight is 234 g/mol. The average Bonchev–Trinajstić information content (AvgIpc) is 2.40. The van der Waals surface area contributed by atoms with E-state index in [1.165, 1.54) is 12.6 Å². The normalized spacial score (nSPS) is 20.3. The Morgan fingerprint density at radius 1 is 1.53 bits per heavy atom. The van der Waals surface area contributed by atoms with Crippen LogP contribution in [0.5, 0.6) is 0 Å². The van der Waals surface area contributed by atoms with Gasteiger partial charge in [-0.25, -0.2) is 4.98 Å². The first kappa shape index (κ1) is 12.0. The molecule has 0 spiro atoms. The first-order valence-corrected chi connectivity index (χ1v) is 6.06. The van der Waals surface area contributed by atoms with Gasteiger partial charge in [0.05, 0.1) is 6.20 Å². The predicted octanol–water partition coefficient (Wildman–Crippen LogP) is 0.678. The standard InChI is InChI=1S/C12H18N4O/c13-4-3-10-2-1-7-16(9-10)12(17)11-8-14-5-6-15-11/h5-6,8,10H,1-4,7,9,13H2. The van der Waals surface area contributed by atoms with Crippen LogP contribution in [0, 0.1) is 5.92 Å². The van der Waals surface area contributed by atoms with Crippen molar-refractivity contribution < 1.29 is 4.79 Å². The van der Waals surface area contributed by atoms with E-state index in [2.05, 4.69) is 9.97 Å². The molecule has 1 fully saturated rings. The molecule has 17 heavy (non-hydrogen) atoms. The summed E-state index contributed by atoms with van der Waals surface area (Å²) in [6, 6.07) is 0. The summed E-state index contributed by atoms with van der Waals surface area (Å²) in [5.74, 6) is 0.522. The van der Waals surface area contributed by atoms with Gasteiger partial charge in [0.1, 0.15) is 5.69 Å². The number of carbonyl (C=O) groups is 1. The number of rotatable bonds is 3. The molecule has 1 saturated heterocycles. The van der Waals surface area contributed by atoms with Gasteiger partial charge in [-0.3, -0.25) is 9.78 Å². The fourth-order valence-electron chi connectivity index (χ4n) is 2.29. The van der Waals surface area contributed by atoms with Gasteiger partial charge in [0.15, 0.2) is 0 Å². The third-order valence-corrected chi connectivity index (χ3v) is 3.16. The lowest BCUT2D eigenvalue weighted by Gasteiger charge is -2.32. The summed E-state index contributed by atoms with van der Waals surface area (Å²) in [6.45, 7) is 2.31. The minimum absolute atomic E-state index is 0.0141. The number of nitrogens with two attached hydrogens (primary N) is 1. The van der Waals surface area contributed by atoms with E-state index in [0.717, 1.165) is 25.9 Å². The lowest BCUT2D eigenvalue weighted by Crippen LogP contribution is -2.40. The van der Waals surface area contributed by atoms with Crippen LogP contribution in [0.3, 0.4) is 0 Å². The predicted molar refractivity (Wildman–Crippen MR) is 64.3 cm³/mol. The van der Waals surface area contributed by atoms with Crippen molar-refractivity contribution in [1.29, 1.82) is 0 Å². The zero-order chi connectivity index (χ0) is 12.1. The van der Waals surface area contributed by atoms with E-state index in [1.807, 2.05) is 4.90 Å². The Morgan fingerprint density at radius 2 is 2.41 bits per heavy atom. The van der Waals surface area contributed by atoms with Crippen LogP contribution in [0.2, 0.25) is 0 Å². The highest BCUT2D eigenvalue weighted by atomic mass is 16.2. The van der Waals surface area contributed by atoms with E-state index >= 15 is 0 Å². The minimum Gasteiger partial charge on any atom is -0.337 e. The van der Waals surface area contributed by atoms with E-state index < -0.39 is 0 Å². The van der Waals surface area contributed by atoms with Crippen molar-refractivity contribution in [3.05, 3.63) is 24.3 Å². The van der Waals surface area contributed by atoms with E-state index in [-0.39, 0.29) is 5.91 Å². The number of carbonyl (C=O) groups excluding carboxylic acids is 1. The van der Waals surface area contributed by atoms with Crippen LogP contribution >= 0.6 is 0 Å². The van der Waals surface area contributed by atoms with Gasteiger partial charge in [-0.2, -0.15) is 0 Å². The molecule has 1 aromatic rings. The maximum atomic E-state index is 12.1. The maximum Gasteiger partial charge on any atom is 0.274 e. The molecule has 0 radical (unpaired) electrons. The molecule has 1 unspecified atom stereocenters. The lowest BCUT2D eigenvalue weighted by atomic mass is 9.95. The smallest absolute Gasteiger partial charge is 0.274 e. The number of hydrogen-bond donors (Lipinski definition) is 1. The summed E-state index contributed by atoms with van der Waals surface area (Å²) in [7, 11) is 0. The maximum absolute atomic E-state index is 12.1. The Hall–Kier alpha value is -1.49. The van der Waals surface area contributed by atoms with Crippen LogP contribution in [0.25, 0.3) is 0 Å². The van der Waals surface area contributed by atoms with Crippen molar-refractivity contribution in [3.8, 4) is 0 Å². The van der Waals surface area contributed by atoms with Crippen LogP contribution in [-0.4, -0.2) is 40.4 Å². The summed E-state index contributed by atoms with van der Waals surface area (Å²) >= 11 is 0. The second-order valence-electron chi connectivity index (χ2n) is 4.43. The summed E-state index contributed by atoms with van der Waals surface area (Å²) < 4.78 is 0. The van der Waals surface area contributed by atoms with Crippen molar-refractivity contribution in [1.82, 2.24) is 14.9 Å². The molecule has 1 aliphatic rings. The third-order valence-electron chi connectivity index (χ3n) is 3.16. The van der Waals surface area contributed by atoms with Crippen LogP contribution in [0.4, 0.5) is 0 Å². The van der Waals surface area contributed by atoms with Crippen LogP contribution in [0.1, 0.15) is 29.8 Å². The van der Waals surface area contributed by atoms with Gasteiger partial charge in [0, 0.05) is 25.5 Å². The summed E-state index contributed by atoms with van der Waals surface area (Å²) in [4.78, 5) is 22.0. The molecule has 92 valence electrons. The Morgan fingerprint density at radius 3 is 3.12 bits per heavy atom. The molecule has 5 nitrogen and oxygen atoms in total. The first-order chi connectivity index (χ1) is 8.31. The molecule has 1 aliphatic heterocycles. The van der Waals surface area contributed by atoms with Gasteiger partial charge in [-0.05, 0) is 31.7 Å². The van der Waals surface area contributed by atoms with Crippen molar-refractivity contribution in [2.75, 3.05) is 19.6 Å². The molecule has 0 bridgehead atoms. The van der Waals surface area contributed by atoms with Gasteiger partial charge in [0.2, 0.25) is 0 Å². The van der Waals surface area contributed by atoms with Crippen molar-refractivity contribution in [3.63, 3.8) is 0 Å². The number of piperidine rings is 1. The van der Waals surface area contributed by atoms with Crippen LogP contribution in [-0.2, 0) is 0 Å². The lowest BCUT2D eigenvalue weighted by molar-refractivity contribution is 0.0663. The molecule has 5 heteroatoms. The van der Waals surface area contributed by atoms with E-state index in [0.29, 0.717) is 18.2 Å². The van der Waals surface area contributed by atoms with E-state index in [9.17, 15) is 4.79 Å². The zero-order valence-corrected chi connectivity index (χ0v) is 9.88. The highest BCUT2D eigenvalue weighted by Crippen LogP contribution is 2.20. The van der Waals surface area contributed by atoms with Crippen molar-refractivity contribution in [2.24, 2.45) is 11.7 Å². The molecule has 2 N–H and O–H groups in total. The monoisotopic (exact) mass is 234 g/mol. The molecule has 2 heterocycles. The number of likely N-dealkylation sites (tertiary alicyclic amines) is 1. The Balaban J connectivity index is 2.00. The van der Waals surface area contributed by atoms with Crippen molar-refractivity contribution >= 4 is 5.91 Å². The summed E-state index contributed by atoms with van der Waals surface area (Å²) in [5.41, 5.74) is 6.00. The van der Waals surface area contributed by atoms with Gasteiger partial charge in [-0.15, -0.1) is 0 Å². The largest absolute Gasteiger partial charge is 0.337 e. The van der Waals surface area contributed by atoms with Gasteiger partial charge in [0.25, 0.3) is 5.91 Å². The van der Waals surface area contributed by atoms with Gasteiger partial charge < -0.3 is 10.6 Å². The number of hydrogen-bond acceptors (Lipinski definition) is 4. The Kier molecular flexibility index (Phi) is 4.03. The SMILES string of the molecule is NCCC1CCCN(C(=O)c2cnccn2)C1. The molecule has 1 amide bonds. The summed E-state index contributed by atoms with van der Waals surface area (Å²) in [5, 5.41) is 0. The summed E-state index contributed by atoms with van der Waals surface area (Å²) in [6.07, 6.45) is 7.86. The highest BCUT2D eigenvalue weighted by Gasteiger charge is 2.24. The Bertz CT molecular complexity index is 366. The van der Waals surface area contributed by atoms with E-state index in [1.54, 1.807) is 12.4 Å². The zero-order valence-electron chi connectivity index (χ0n) is 9.88. The van der Waals surface area contributed by atoms with Gasteiger partial charge >= 0.3 is 0 Å². The first-order valence-electron chi connectivity index (χ1n) is 6.06. The molecular weight excluding hydrogens is 216 g/mol. The molecular formula is C12H18N4O. The molecule has 0 saturated carbocycles. The van der Waals surface area contributed by atoms with Crippen LogP contribution < -0.4 is 5.73 Å². The molecule has 1 atom stereocenters. The molecule has 1 aromatic heterocycles. The highest BCUT2D eigenvalue weighted by molar-refractivity contribution is 5.92. The topological polar surface area (TPSA) is 72.1 Å². The number of amides is 1. The third kappa shape index (κ3) is 3.00. The van der Waals surface area contributed by atoms with Gasteiger partial charge in [-0.1, -0.05) is 0 Å². The van der Waals surface area contributed by atoms with Crippen molar-refractivity contribution in [2.45, 2.75) is 19.3 Å². The Labute approximate surface area is 101 Å².